The van der Waals surface area contributed by atoms with E-state index in [1.54, 1.807) is 10.6 Å². The van der Waals surface area contributed by atoms with Gasteiger partial charge < -0.3 is 15.6 Å². The summed E-state index contributed by atoms with van der Waals surface area (Å²) in [5, 5.41) is 6.58. The van der Waals surface area contributed by atoms with E-state index in [9.17, 15) is 14.4 Å². The summed E-state index contributed by atoms with van der Waals surface area (Å²) in [6.45, 7) is 2.48. The van der Waals surface area contributed by atoms with Crippen molar-refractivity contribution in [2.45, 2.75) is 58.0 Å². The number of nitrogens with zero attached hydrogens (tertiary/aromatic N) is 1. The summed E-state index contributed by atoms with van der Waals surface area (Å²) in [4.78, 5) is 40.0. The number of nitrogens with one attached hydrogen (secondary N) is 3. The highest BCUT2D eigenvalue weighted by atomic mass is 32.1. The first kappa shape index (κ1) is 23.9. The Labute approximate surface area is 203 Å². The lowest BCUT2D eigenvalue weighted by Crippen LogP contribution is -2.26. The lowest BCUT2D eigenvalue weighted by molar-refractivity contribution is -0.122. The molecule has 1 aromatic heterocycles. The van der Waals surface area contributed by atoms with Crippen molar-refractivity contribution in [1.29, 1.82) is 0 Å². The molecule has 0 radical (unpaired) electrons. The second-order valence-corrected chi connectivity index (χ2v) is 9.30. The molecule has 0 aliphatic heterocycles. The van der Waals surface area contributed by atoms with E-state index in [4.69, 9.17) is 12.2 Å². The van der Waals surface area contributed by atoms with Gasteiger partial charge in [0.25, 0.3) is 5.56 Å². The smallest absolute Gasteiger partial charge is 0.262 e. The Kier molecular flexibility index (Phi) is 7.57. The number of anilines is 1. The van der Waals surface area contributed by atoms with Gasteiger partial charge in [0.1, 0.15) is 0 Å². The highest BCUT2D eigenvalue weighted by molar-refractivity contribution is 7.71. The highest BCUT2D eigenvalue weighted by Gasteiger charge is 2.29. The Morgan fingerprint density at radius 1 is 1.09 bits per heavy atom. The quantitative estimate of drug-likeness (QED) is 0.287. The van der Waals surface area contributed by atoms with Crippen molar-refractivity contribution >= 4 is 40.6 Å². The van der Waals surface area contributed by atoms with Gasteiger partial charge in [-0.2, -0.15) is 0 Å². The normalized spacial score (nSPS) is 14.0. The SMILES string of the molecule is CC(NC(=O)CCCCCn1c(=S)[nH]c2ccccc2c1=O)c1ccc(NC(=O)C2CC2)cc1. The summed E-state index contributed by atoms with van der Waals surface area (Å²) in [7, 11) is 0. The molecule has 1 unspecified atom stereocenters. The molecule has 2 aromatic carbocycles. The maximum absolute atomic E-state index is 12.7. The van der Waals surface area contributed by atoms with Crippen LogP contribution in [0, 0.1) is 10.7 Å². The molecule has 8 heteroatoms. The number of benzene rings is 2. The molecule has 3 aromatic rings. The zero-order valence-electron chi connectivity index (χ0n) is 19.3. The monoisotopic (exact) mass is 478 g/mol. The zero-order chi connectivity index (χ0) is 24.1. The van der Waals surface area contributed by atoms with Crippen molar-refractivity contribution in [3.63, 3.8) is 0 Å². The first-order chi connectivity index (χ1) is 16.4. The van der Waals surface area contributed by atoms with E-state index < -0.39 is 0 Å². The number of unbranched alkanes of at least 4 members (excludes halogenated alkanes) is 2. The number of aromatic nitrogens is 2. The number of amides is 2. The molecule has 1 atom stereocenters. The maximum atomic E-state index is 12.7. The third kappa shape index (κ3) is 5.99. The molecule has 1 heterocycles. The Hall–Kier alpha value is -3.26. The van der Waals surface area contributed by atoms with Gasteiger partial charge in [0, 0.05) is 24.6 Å². The van der Waals surface area contributed by atoms with Gasteiger partial charge in [0.15, 0.2) is 4.77 Å². The minimum Gasteiger partial charge on any atom is -0.350 e. The van der Waals surface area contributed by atoms with Crippen molar-refractivity contribution in [2.75, 3.05) is 5.32 Å². The standard InChI is InChI=1S/C26H30N4O3S/c1-17(18-12-14-20(15-13-18)28-24(32)19-10-11-19)27-23(31)9-3-2-6-16-30-25(33)21-7-4-5-8-22(21)29-26(30)34/h4-5,7-8,12-15,17,19H,2-3,6,9-11,16H2,1H3,(H,27,31)(H,28,32)(H,29,34). The van der Waals surface area contributed by atoms with E-state index in [-0.39, 0.29) is 29.3 Å². The summed E-state index contributed by atoms with van der Waals surface area (Å²) in [6, 6.07) is 14.8. The molecule has 1 saturated carbocycles. The second-order valence-electron chi connectivity index (χ2n) is 8.92. The third-order valence-electron chi connectivity index (χ3n) is 6.18. The predicted molar refractivity (Wildman–Crippen MR) is 136 cm³/mol. The summed E-state index contributed by atoms with van der Waals surface area (Å²) in [5.41, 5.74) is 2.44. The number of carbonyl (C=O) groups excluding carboxylic acids is 2. The van der Waals surface area contributed by atoms with Crippen molar-refractivity contribution in [1.82, 2.24) is 14.9 Å². The minimum atomic E-state index is -0.116. The Balaban J connectivity index is 1.19. The van der Waals surface area contributed by atoms with Crippen LogP contribution >= 0.6 is 12.2 Å². The second kappa shape index (κ2) is 10.8. The van der Waals surface area contributed by atoms with Crippen LogP contribution in [0.2, 0.25) is 0 Å². The fraction of sp³-hybridized carbons (Fsp3) is 0.385. The molecule has 4 rings (SSSR count). The first-order valence-electron chi connectivity index (χ1n) is 11.8. The number of rotatable bonds is 10. The molecular weight excluding hydrogens is 448 g/mol. The first-order valence-corrected chi connectivity index (χ1v) is 12.3. The molecule has 2 amide bonds. The molecule has 34 heavy (non-hydrogen) atoms. The van der Waals surface area contributed by atoms with Gasteiger partial charge in [-0.3, -0.25) is 19.0 Å². The van der Waals surface area contributed by atoms with Crippen LogP contribution in [0.3, 0.4) is 0 Å². The maximum Gasteiger partial charge on any atom is 0.262 e. The largest absolute Gasteiger partial charge is 0.350 e. The van der Waals surface area contributed by atoms with Gasteiger partial charge in [-0.05, 0) is 74.7 Å². The van der Waals surface area contributed by atoms with E-state index >= 15 is 0 Å². The summed E-state index contributed by atoms with van der Waals surface area (Å²) in [6.07, 6.45) is 4.71. The van der Waals surface area contributed by atoms with E-state index in [1.165, 1.54) is 0 Å². The van der Waals surface area contributed by atoms with Gasteiger partial charge in [-0.15, -0.1) is 0 Å². The molecular formula is C26H30N4O3S. The molecule has 178 valence electrons. The molecule has 7 nitrogen and oxygen atoms in total. The van der Waals surface area contributed by atoms with Crippen LogP contribution in [0.1, 0.15) is 57.1 Å². The Bertz CT molecular complexity index is 1290. The molecule has 0 saturated heterocycles. The van der Waals surface area contributed by atoms with Gasteiger partial charge in [0.2, 0.25) is 11.8 Å². The molecule has 0 spiro atoms. The van der Waals surface area contributed by atoms with E-state index in [2.05, 4.69) is 15.6 Å². The zero-order valence-corrected chi connectivity index (χ0v) is 20.1. The lowest BCUT2D eigenvalue weighted by Gasteiger charge is -2.15. The minimum absolute atomic E-state index is 0.00113. The van der Waals surface area contributed by atoms with Crippen molar-refractivity contribution in [3.05, 3.63) is 69.2 Å². The van der Waals surface area contributed by atoms with E-state index in [0.717, 1.165) is 48.9 Å². The van der Waals surface area contributed by atoms with Crippen LogP contribution < -0.4 is 16.2 Å². The number of hydrogen-bond acceptors (Lipinski definition) is 4. The molecule has 3 N–H and O–H groups in total. The van der Waals surface area contributed by atoms with Crippen LogP contribution in [0.5, 0.6) is 0 Å². The van der Waals surface area contributed by atoms with Crippen molar-refractivity contribution < 1.29 is 9.59 Å². The van der Waals surface area contributed by atoms with E-state index in [0.29, 0.717) is 23.1 Å². The van der Waals surface area contributed by atoms with Gasteiger partial charge in [-0.25, -0.2) is 0 Å². The lowest BCUT2D eigenvalue weighted by atomic mass is 10.1. The summed E-state index contributed by atoms with van der Waals surface area (Å²) >= 11 is 5.35. The van der Waals surface area contributed by atoms with Crippen molar-refractivity contribution in [2.24, 2.45) is 5.92 Å². The third-order valence-corrected chi connectivity index (χ3v) is 6.50. The fourth-order valence-corrected chi connectivity index (χ4v) is 4.26. The van der Waals surface area contributed by atoms with Crippen LogP contribution in [0.25, 0.3) is 10.9 Å². The Morgan fingerprint density at radius 3 is 2.56 bits per heavy atom. The van der Waals surface area contributed by atoms with Gasteiger partial charge in [-0.1, -0.05) is 30.7 Å². The summed E-state index contributed by atoms with van der Waals surface area (Å²) in [5.74, 6) is 0.253. The van der Waals surface area contributed by atoms with Crippen molar-refractivity contribution in [3.8, 4) is 0 Å². The average Bonchev–Trinajstić information content (AvgIpc) is 3.67. The van der Waals surface area contributed by atoms with Crippen LogP contribution in [-0.4, -0.2) is 21.4 Å². The molecule has 0 bridgehead atoms. The highest BCUT2D eigenvalue weighted by Crippen LogP contribution is 2.30. The number of aromatic amines is 1. The topological polar surface area (TPSA) is 96.0 Å². The molecule has 1 aliphatic carbocycles. The van der Waals surface area contributed by atoms with Crippen LogP contribution in [0.15, 0.2) is 53.3 Å². The van der Waals surface area contributed by atoms with Crippen LogP contribution in [0.4, 0.5) is 5.69 Å². The van der Waals surface area contributed by atoms with E-state index in [1.807, 2.05) is 49.4 Å². The molecule has 1 fully saturated rings. The van der Waals surface area contributed by atoms with Gasteiger partial charge >= 0.3 is 0 Å². The number of hydrogen-bond donors (Lipinski definition) is 3. The number of para-hydroxylation sites is 1. The fourth-order valence-electron chi connectivity index (χ4n) is 3.98. The van der Waals surface area contributed by atoms with Crippen LogP contribution in [-0.2, 0) is 16.1 Å². The molecule has 1 aliphatic rings. The average molecular weight is 479 g/mol. The number of fused-ring (bicyclic) bond motifs is 1. The summed E-state index contributed by atoms with van der Waals surface area (Å²) < 4.78 is 2.02. The number of carbonyl (C=O) groups is 2. The predicted octanol–water partition coefficient (Wildman–Crippen LogP) is 4.85. The van der Waals surface area contributed by atoms with Gasteiger partial charge in [0.05, 0.1) is 16.9 Å². The Morgan fingerprint density at radius 2 is 1.82 bits per heavy atom. The number of H-pyrrole nitrogens is 1.